The summed E-state index contributed by atoms with van der Waals surface area (Å²) in [6.45, 7) is 5.35. The molecule has 0 aliphatic heterocycles. The molecular weight excluding hydrogens is 419 g/mol. The van der Waals surface area contributed by atoms with Crippen molar-refractivity contribution in [2.45, 2.75) is 20.8 Å². The molecule has 0 saturated heterocycles. The number of hydrogen-bond donors (Lipinski definition) is 2. The first-order valence-electron chi connectivity index (χ1n) is 10.4. The summed E-state index contributed by atoms with van der Waals surface area (Å²) in [6.07, 6.45) is 0. The van der Waals surface area contributed by atoms with E-state index in [1.165, 1.54) is 25.1 Å². The molecule has 1 aromatic heterocycles. The Morgan fingerprint density at radius 3 is 2.24 bits per heavy atom. The first-order valence-corrected chi connectivity index (χ1v) is 10.4. The minimum Gasteiger partial charge on any atom is -0.322 e. The van der Waals surface area contributed by atoms with Crippen LogP contribution in [0, 0.1) is 19.7 Å². The van der Waals surface area contributed by atoms with E-state index in [4.69, 9.17) is 0 Å². The SMILES string of the molecule is CC(=O)Nc1c(-c2ccc(C)cc2)c(C)nn1-c1ccc(C(=O)Nc2cccc(F)c2)cc1. The second-order valence-electron chi connectivity index (χ2n) is 7.78. The Morgan fingerprint density at radius 2 is 1.61 bits per heavy atom. The lowest BCUT2D eigenvalue weighted by atomic mass is 10.0. The lowest BCUT2D eigenvalue weighted by Crippen LogP contribution is -2.13. The van der Waals surface area contributed by atoms with E-state index >= 15 is 0 Å². The highest BCUT2D eigenvalue weighted by atomic mass is 19.1. The Hall–Kier alpha value is -4.26. The fourth-order valence-electron chi connectivity index (χ4n) is 3.59. The van der Waals surface area contributed by atoms with Crippen molar-refractivity contribution >= 4 is 23.3 Å². The number of halogens is 1. The fourth-order valence-corrected chi connectivity index (χ4v) is 3.59. The number of rotatable bonds is 5. The van der Waals surface area contributed by atoms with Crippen LogP contribution in [0.2, 0.25) is 0 Å². The molecule has 2 amide bonds. The van der Waals surface area contributed by atoms with Crippen LogP contribution in [-0.4, -0.2) is 21.6 Å². The van der Waals surface area contributed by atoms with E-state index in [2.05, 4.69) is 15.7 Å². The zero-order valence-electron chi connectivity index (χ0n) is 18.5. The molecule has 7 heteroatoms. The fraction of sp³-hybridized carbons (Fsp3) is 0.115. The van der Waals surface area contributed by atoms with Gasteiger partial charge >= 0.3 is 0 Å². The molecule has 0 fully saturated rings. The predicted molar refractivity (Wildman–Crippen MR) is 127 cm³/mol. The molecule has 0 spiro atoms. The van der Waals surface area contributed by atoms with Crippen molar-refractivity contribution in [2.24, 2.45) is 0 Å². The number of aryl methyl sites for hydroxylation is 2. The van der Waals surface area contributed by atoms with E-state index in [0.29, 0.717) is 22.8 Å². The van der Waals surface area contributed by atoms with Gasteiger partial charge in [-0.1, -0.05) is 35.9 Å². The van der Waals surface area contributed by atoms with Gasteiger partial charge in [-0.25, -0.2) is 9.07 Å². The molecule has 33 heavy (non-hydrogen) atoms. The second kappa shape index (κ2) is 9.08. The Bertz CT molecular complexity index is 1330. The van der Waals surface area contributed by atoms with Crippen LogP contribution < -0.4 is 10.6 Å². The van der Waals surface area contributed by atoms with Gasteiger partial charge in [0, 0.05) is 23.7 Å². The van der Waals surface area contributed by atoms with Crippen molar-refractivity contribution in [2.75, 3.05) is 10.6 Å². The lowest BCUT2D eigenvalue weighted by molar-refractivity contribution is -0.114. The van der Waals surface area contributed by atoms with Crippen LogP contribution in [0.25, 0.3) is 16.8 Å². The van der Waals surface area contributed by atoms with Crippen LogP contribution in [0.4, 0.5) is 15.9 Å². The monoisotopic (exact) mass is 442 g/mol. The third-order valence-corrected chi connectivity index (χ3v) is 5.15. The van der Waals surface area contributed by atoms with Crippen molar-refractivity contribution in [3.63, 3.8) is 0 Å². The van der Waals surface area contributed by atoms with Gasteiger partial charge in [-0.15, -0.1) is 0 Å². The number of aromatic nitrogens is 2. The zero-order chi connectivity index (χ0) is 23.5. The molecule has 4 aromatic rings. The number of anilines is 2. The van der Waals surface area contributed by atoms with Gasteiger partial charge in [-0.2, -0.15) is 5.10 Å². The smallest absolute Gasteiger partial charge is 0.255 e. The Labute approximate surface area is 191 Å². The van der Waals surface area contributed by atoms with E-state index < -0.39 is 5.82 Å². The summed E-state index contributed by atoms with van der Waals surface area (Å²) >= 11 is 0. The van der Waals surface area contributed by atoms with Crippen molar-refractivity contribution < 1.29 is 14.0 Å². The van der Waals surface area contributed by atoms with Gasteiger partial charge in [0.1, 0.15) is 11.6 Å². The average Bonchev–Trinajstić information content (AvgIpc) is 3.09. The lowest BCUT2D eigenvalue weighted by Gasteiger charge is -2.11. The van der Waals surface area contributed by atoms with E-state index in [9.17, 15) is 14.0 Å². The van der Waals surface area contributed by atoms with Crippen molar-refractivity contribution in [3.8, 4) is 16.8 Å². The third kappa shape index (κ3) is 4.82. The number of benzene rings is 3. The topological polar surface area (TPSA) is 76.0 Å². The maximum atomic E-state index is 13.4. The van der Waals surface area contributed by atoms with Crippen LogP contribution in [0.3, 0.4) is 0 Å². The number of amides is 2. The maximum absolute atomic E-state index is 13.4. The molecule has 4 rings (SSSR count). The van der Waals surface area contributed by atoms with Crippen LogP contribution in [0.15, 0.2) is 72.8 Å². The number of hydrogen-bond acceptors (Lipinski definition) is 3. The summed E-state index contributed by atoms with van der Waals surface area (Å²) in [5.74, 6) is -0.435. The molecule has 2 N–H and O–H groups in total. The first-order chi connectivity index (χ1) is 15.8. The van der Waals surface area contributed by atoms with Crippen LogP contribution in [-0.2, 0) is 4.79 Å². The first kappa shape index (κ1) is 22.0. The van der Waals surface area contributed by atoms with Gasteiger partial charge in [-0.3, -0.25) is 9.59 Å². The summed E-state index contributed by atoms with van der Waals surface area (Å²) in [4.78, 5) is 24.5. The van der Waals surface area contributed by atoms with Crippen molar-refractivity contribution in [1.82, 2.24) is 9.78 Å². The highest BCUT2D eigenvalue weighted by Gasteiger charge is 2.19. The van der Waals surface area contributed by atoms with Gasteiger partial charge in [0.25, 0.3) is 5.91 Å². The van der Waals surface area contributed by atoms with Gasteiger partial charge in [0.15, 0.2) is 0 Å². The summed E-state index contributed by atoms with van der Waals surface area (Å²) in [7, 11) is 0. The van der Waals surface area contributed by atoms with Crippen molar-refractivity contribution in [1.29, 1.82) is 0 Å². The molecule has 3 aromatic carbocycles. The average molecular weight is 442 g/mol. The molecule has 6 nitrogen and oxygen atoms in total. The Balaban J connectivity index is 1.67. The Kier molecular flexibility index (Phi) is 6.04. The highest BCUT2D eigenvalue weighted by Crippen LogP contribution is 2.33. The van der Waals surface area contributed by atoms with E-state index in [1.54, 1.807) is 35.0 Å². The maximum Gasteiger partial charge on any atom is 0.255 e. The van der Waals surface area contributed by atoms with Crippen LogP contribution in [0.5, 0.6) is 0 Å². The Morgan fingerprint density at radius 1 is 0.909 bits per heavy atom. The van der Waals surface area contributed by atoms with Gasteiger partial charge in [-0.05, 0) is 61.9 Å². The van der Waals surface area contributed by atoms with Gasteiger partial charge in [0.2, 0.25) is 5.91 Å². The number of carbonyl (C=O) groups is 2. The third-order valence-electron chi connectivity index (χ3n) is 5.15. The minimum absolute atomic E-state index is 0.212. The molecule has 166 valence electrons. The summed E-state index contributed by atoms with van der Waals surface area (Å²) < 4.78 is 15.0. The van der Waals surface area contributed by atoms with Crippen LogP contribution >= 0.6 is 0 Å². The molecule has 1 heterocycles. The van der Waals surface area contributed by atoms with E-state index in [-0.39, 0.29) is 11.8 Å². The molecule has 0 radical (unpaired) electrons. The van der Waals surface area contributed by atoms with E-state index in [0.717, 1.165) is 22.4 Å². The molecule has 0 saturated carbocycles. The van der Waals surface area contributed by atoms with Gasteiger partial charge < -0.3 is 10.6 Å². The molecule has 0 aliphatic rings. The molecule has 0 unspecified atom stereocenters. The summed E-state index contributed by atoms with van der Waals surface area (Å²) in [6, 6.07) is 20.5. The number of nitrogens with one attached hydrogen (secondary N) is 2. The molecule has 0 atom stereocenters. The zero-order valence-corrected chi connectivity index (χ0v) is 18.5. The van der Waals surface area contributed by atoms with Crippen LogP contribution in [0.1, 0.15) is 28.5 Å². The molecule has 0 bridgehead atoms. The summed E-state index contributed by atoms with van der Waals surface area (Å²) in [5, 5.41) is 10.2. The largest absolute Gasteiger partial charge is 0.322 e. The quantitative estimate of drug-likeness (QED) is 0.428. The summed E-state index contributed by atoms with van der Waals surface area (Å²) in [5.41, 5.74) is 5.14. The predicted octanol–water partition coefficient (Wildman–Crippen LogP) is 5.51. The van der Waals surface area contributed by atoms with Gasteiger partial charge in [0.05, 0.1) is 11.4 Å². The standard InChI is InChI=1S/C26H23FN4O2/c1-16-7-9-19(10-8-16)24-17(2)30-31(25(24)28-18(3)32)23-13-11-20(12-14-23)26(33)29-22-6-4-5-21(27)15-22/h4-15H,1-3H3,(H,28,32)(H,29,33). The van der Waals surface area contributed by atoms with E-state index in [1.807, 2.05) is 38.1 Å². The number of carbonyl (C=O) groups excluding carboxylic acids is 2. The number of nitrogens with zero attached hydrogens (tertiary/aromatic N) is 2. The molecular formula is C26H23FN4O2. The molecule has 0 aliphatic carbocycles. The minimum atomic E-state index is -0.424. The second-order valence-corrected chi connectivity index (χ2v) is 7.78. The normalized spacial score (nSPS) is 10.7. The highest BCUT2D eigenvalue weighted by molar-refractivity contribution is 6.04. The van der Waals surface area contributed by atoms with Crippen molar-refractivity contribution in [3.05, 3.63) is 95.4 Å².